The third-order valence-corrected chi connectivity index (χ3v) is 2.30. The lowest BCUT2D eigenvalue weighted by Gasteiger charge is -2.08. The molecule has 0 heterocycles. The third kappa shape index (κ3) is 4.31. The number of nitro benzene ring substituents is 1. The molecule has 0 unspecified atom stereocenters. The largest absolute Gasteiger partial charge is 0.460 e. The first-order valence-corrected chi connectivity index (χ1v) is 5.87. The Morgan fingerprint density at radius 2 is 2.17 bits per heavy atom. The van der Waals surface area contributed by atoms with Gasteiger partial charge in [-0.2, -0.15) is 0 Å². The molecule has 100 valence electrons. The molecule has 0 aliphatic carbocycles. The maximum Gasteiger partial charge on any atom is 0.311 e. The molecule has 6 heteroatoms. The summed E-state index contributed by atoms with van der Waals surface area (Å²) in [5.74, 6) is 0.240. The number of nitrogens with one attached hydrogen (secondary N) is 1. The van der Waals surface area contributed by atoms with Crippen molar-refractivity contribution in [3.63, 3.8) is 0 Å². The fourth-order valence-electron chi connectivity index (χ4n) is 1.39. The average Bonchev–Trinajstić information content (AvgIpc) is 2.36. The Labute approximate surface area is 106 Å². The summed E-state index contributed by atoms with van der Waals surface area (Å²) in [5.41, 5.74) is 0.893. The molecule has 0 aromatic heterocycles. The SMILES string of the molecule is CCNCc1ccc([N+](=O)[O-])c(OCOCC)c1. The fourth-order valence-corrected chi connectivity index (χ4v) is 1.39. The standard InChI is InChI=1S/C12H18N2O4/c1-3-13-8-10-5-6-11(14(15)16)12(7-10)18-9-17-4-2/h5-7,13H,3-4,8-9H2,1-2H3. The van der Waals surface area contributed by atoms with Crippen molar-refractivity contribution in [2.24, 2.45) is 0 Å². The van der Waals surface area contributed by atoms with Crippen LogP contribution in [-0.2, 0) is 11.3 Å². The number of hydrogen-bond acceptors (Lipinski definition) is 5. The Balaban J connectivity index is 2.82. The highest BCUT2D eigenvalue weighted by Crippen LogP contribution is 2.27. The lowest BCUT2D eigenvalue weighted by atomic mass is 10.2. The molecule has 0 amide bonds. The molecule has 18 heavy (non-hydrogen) atoms. The summed E-state index contributed by atoms with van der Waals surface area (Å²) in [5, 5.41) is 14.0. The van der Waals surface area contributed by atoms with Gasteiger partial charge in [-0.25, -0.2) is 0 Å². The second kappa shape index (κ2) is 7.62. The van der Waals surface area contributed by atoms with Crippen LogP contribution < -0.4 is 10.1 Å². The summed E-state index contributed by atoms with van der Waals surface area (Å²) in [6.07, 6.45) is 0. The highest BCUT2D eigenvalue weighted by atomic mass is 16.7. The summed E-state index contributed by atoms with van der Waals surface area (Å²) in [6.45, 7) is 5.84. The molecule has 0 atom stereocenters. The van der Waals surface area contributed by atoms with E-state index in [1.165, 1.54) is 6.07 Å². The molecule has 0 saturated heterocycles. The number of rotatable bonds is 8. The molecule has 0 radical (unpaired) electrons. The smallest absolute Gasteiger partial charge is 0.311 e. The summed E-state index contributed by atoms with van der Waals surface area (Å²) in [4.78, 5) is 10.4. The van der Waals surface area contributed by atoms with Crippen molar-refractivity contribution in [3.8, 4) is 5.75 Å². The van der Waals surface area contributed by atoms with Gasteiger partial charge in [-0.3, -0.25) is 10.1 Å². The maximum absolute atomic E-state index is 10.8. The number of hydrogen-bond donors (Lipinski definition) is 1. The van der Waals surface area contributed by atoms with Gasteiger partial charge in [0.25, 0.3) is 0 Å². The zero-order chi connectivity index (χ0) is 13.4. The van der Waals surface area contributed by atoms with Crippen LogP contribution in [0.25, 0.3) is 0 Å². The van der Waals surface area contributed by atoms with Crippen molar-refractivity contribution in [3.05, 3.63) is 33.9 Å². The van der Waals surface area contributed by atoms with Crippen LogP contribution in [-0.4, -0.2) is 24.9 Å². The molecule has 1 aromatic carbocycles. The highest BCUT2D eigenvalue weighted by molar-refractivity contribution is 5.48. The molecule has 0 fully saturated rings. The molecule has 0 aliphatic rings. The minimum atomic E-state index is -0.460. The zero-order valence-electron chi connectivity index (χ0n) is 10.6. The Hall–Kier alpha value is -1.66. The van der Waals surface area contributed by atoms with Crippen LogP contribution >= 0.6 is 0 Å². The summed E-state index contributed by atoms with van der Waals surface area (Å²) < 4.78 is 10.3. The molecular formula is C12H18N2O4. The highest BCUT2D eigenvalue weighted by Gasteiger charge is 2.15. The first-order chi connectivity index (χ1) is 8.69. The van der Waals surface area contributed by atoms with Gasteiger partial charge >= 0.3 is 5.69 Å². The van der Waals surface area contributed by atoms with E-state index in [4.69, 9.17) is 9.47 Å². The summed E-state index contributed by atoms with van der Waals surface area (Å²) in [7, 11) is 0. The Bertz CT molecular complexity index is 396. The molecule has 0 spiro atoms. The van der Waals surface area contributed by atoms with Crippen molar-refractivity contribution >= 4 is 5.69 Å². The van der Waals surface area contributed by atoms with Crippen LogP contribution in [0.4, 0.5) is 5.69 Å². The summed E-state index contributed by atoms with van der Waals surface area (Å²) >= 11 is 0. The van der Waals surface area contributed by atoms with Gasteiger partial charge in [-0.1, -0.05) is 13.0 Å². The van der Waals surface area contributed by atoms with E-state index in [2.05, 4.69) is 5.32 Å². The average molecular weight is 254 g/mol. The van der Waals surface area contributed by atoms with Gasteiger partial charge in [0.15, 0.2) is 12.5 Å². The van der Waals surface area contributed by atoms with E-state index in [1.807, 2.05) is 13.8 Å². The van der Waals surface area contributed by atoms with Crippen molar-refractivity contribution in [1.82, 2.24) is 5.32 Å². The third-order valence-electron chi connectivity index (χ3n) is 2.30. The van der Waals surface area contributed by atoms with Crippen LogP contribution in [0, 0.1) is 10.1 Å². The maximum atomic E-state index is 10.8. The number of benzene rings is 1. The normalized spacial score (nSPS) is 10.3. The molecule has 0 saturated carbocycles. The monoisotopic (exact) mass is 254 g/mol. The van der Waals surface area contributed by atoms with E-state index in [-0.39, 0.29) is 18.2 Å². The van der Waals surface area contributed by atoms with Gasteiger partial charge in [0, 0.05) is 19.2 Å². The minimum Gasteiger partial charge on any atom is -0.460 e. The predicted octanol–water partition coefficient (Wildman–Crippen LogP) is 2.08. The van der Waals surface area contributed by atoms with E-state index in [9.17, 15) is 10.1 Å². The van der Waals surface area contributed by atoms with Crippen molar-refractivity contribution in [2.45, 2.75) is 20.4 Å². The number of ether oxygens (including phenoxy) is 2. The van der Waals surface area contributed by atoms with Crippen LogP contribution in [0.3, 0.4) is 0 Å². The van der Waals surface area contributed by atoms with E-state index in [0.29, 0.717) is 13.2 Å². The van der Waals surface area contributed by atoms with Crippen LogP contribution in [0.5, 0.6) is 5.75 Å². The topological polar surface area (TPSA) is 73.6 Å². The van der Waals surface area contributed by atoms with Crippen LogP contribution in [0.15, 0.2) is 18.2 Å². The lowest BCUT2D eigenvalue weighted by molar-refractivity contribution is -0.386. The van der Waals surface area contributed by atoms with Gasteiger partial charge < -0.3 is 14.8 Å². The van der Waals surface area contributed by atoms with Crippen molar-refractivity contribution in [2.75, 3.05) is 19.9 Å². The van der Waals surface area contributed by atoms with Gasteiger partial charge in [-0.15, -0.1) is 0 Å². The Kier molecular flexibility index (Phi) is 6.10. The molecule has 6 nitrogen and oxygen atoms in total. The first kappa shape index (κ1) is 14.4. The Morgan fingerprint density at radius 3 is 2.78 bits per heavy atom. The lowest BCUT2D eigenvalue weighted by Crippen LogP contribution is -2.12. The van der Waals surface area contributed by atoms with E-state index in [1.54, 1.807) is 12.1 Å². The number of nitrogens with zero attached hydrogens (tertiary/aromatic N) is 1. The molecule has 0 bridgehead atoms. The van der Waals surface area contributed by atoms with Gasteiger partial charge in [-0.05, 0) is 25.1 Å². The molecule has 1 aromatic rings. The quantitative estimate of drug-likeness (QED) is 0.333. The summed E-state index contributed by atoms with van der Waals surface area (Å²) in [6, 6.07) is 4.84. The Morgan fingerprint density at radius 1 is 1.39 bits per heavy atom. The second-order valence-electron chi connectivity index (χ2n) is 3.59. The van der Waals surface area contributed by atoms with Crippen LogP contribution in [0.2, 0.25) is 0 Å². The van der Waals surface area contributed by atoms with Crippen molar-refractivity contribution < 1.29 is 14.4 Å². The molecule has 1 rings (SSSR count). The molecule has 0 aliphatic heterocycles. The van der Waals surface area contributed by atoms with E-state index in [0.717, 1.165) is 12.1 Å². The number of nitro groups is 1. The second-order valence-corrected chi connectivity index (χ2v) is 3.59. The zero-order valence-corrected chi connectivity index (χ0v) is 10.6. The van der Waals surface area contributed by atoms with E-state index < -0.39 is 4.92 Å². The van der Waals surface area contributed by atoms with Gasteiger partial charge in [0.2, 0.25) is 0 Å². The van der Waals surface area contributed by atoms with E-state index >= 15 is 0 Å². The van der Waals surface area contributed by atoms with Crippen LogP contribution in [0.1, 0.15) is 19.4 Å². The first-order valence-electron chi connectivity index (χ1n) is 5.87. The van der Waals surface area contributed by atoms with Gasteiger partial charge in [0.1, 0.15) is 0 Å². The molecular weight excluding hydrogens is 236 g/mol. The van der Waals surface area contributed by atoms with Gasteiger partial charge in [0.05, 0.1) is 4.92 Å². The van der Waals surface area contributed by atoms with Crippen molar-refractivity contribution in [1.29, 1.82) is 0 Å². The fraction of sp³-hybridized carbons (Fsp3) is 0.500. The predicted molar refractivity (Wildman–Crippen MR) is 67.6 cm³/mol. The minimum absolute atomic E-state index is 0.0159. The molecule has 1 N–H and O–H groups in total.